The van der Waals surface area contributed by atoms with Crippen LogP contribution in [0, 0.1) is 0 Å². The maximum absolute atomic E-state index is 6.32. The molecule has 4 heteroatoms. The van der Waals surface area contributed by atoms with Crippen molar-refractivity contribution in [1.29, 1.82) is 0 Å². The molecule has 3 rings (SSSR count). The molecule has 0 bridgehead atoms. The number of aryl methyl sites for hydroxylation is 1. The molecule has 0 atom stereocenters. The van der Waals surface area contributed by atoms with Gasteiger partial charge in [-0.3, -0.25) is 4.48 Å². The summed E-state index contributed by atoms with van der Waals surface area (Å²) in [7, 11) is 4.55. The maximum Gasteiger partial charge on any atom is 0.133 e. The minimum atomic E-state index is 0. The first-order valence-electron chi connectivity index (χ1n) is 8.73. The average Bonchev–Trinajstić information content (AvgIpc) is 2.61. The molecule has 138 valence electrons. The maximum atomic E-state index is 6.32. The molecule has 3 aromatic rings. The summed E-state index contributed by atoms with van der Waals surface area (Å²) in [5, 5.41) is 3.29. The van der Waals surface area contributed by atoms with Gasteiger partial charge in [0.1, 0.15) is 5.69 Å². The van der Waals surface area contributed by atoms with Crippen molar-refractivity contribution in [3.63, 3.8) is 0 Å². The molecule has 0 unspecified atom stereocenters. The van der Waals surface area contributed by atoms with E-state index in [1.165, 1.54) is 29.5 Å². The van der Waals surface area contributed by atoms with E-state index in [1.807, 2.05) is 6.07 Å². The van der Waals surface area contributed by atoms with Crippen molar-refractivity contribution in [2.24, 2.45) is 0 Å². The Labute approximate surface area is 176 Å². The first kappa shape index (κ1) is 21.2. The van der Waals surface area contributed by atoms with Gasteiger partial charge in [0.15, 0.2) is 0 Å². The highest BCUT2D eigenvalue weighted by atomic mass is 79.9. The SMILES string of the molecule is C[N+](C)(CCCCc1ccc(Cl)c2ccccc12)c1cccc(Br)c1.Cl. The van der Waals surface area contributed by atoms with Gasteiger partial charge in [-0.2, -0.15) is 0 Å². The Balaban J connectivity index is 0.00000243. The number of fused-ring (bicyclic) bond motifs is 1. The van der Waals surface area contributed by atoms with Crippen LogP contribution in [0.5, 0.6) is 0 Å². The second kappa shape index (κ2) is 9.23. The van der Waals surface area contributed by atoms with Crippen molar-refractivity contribution < 1.29 is 0 Å². The highest BCUT2D eigenvalue weighted by Gasteiger charge is 2.18. The zero-order valence-electron chi connectivity index (χ0n) is 15.2. The van der Waals surface area contributed by atoms with E-state index in [1.54, 1.807) is 0 Å². The first-order chi connectivity index (χ1) is 12.0. The van der Waals surface area contributed by atoms with Crippen LogP contribution < -0.4 is 4.48 Å². The second-order valence-corrected chi connectivity index (χ2v) is 8.42. The molecule has 26 heavy (non-hydrogen) atoms. The Morgan fingerprint density at radius 2 is 1.62 bits per heavy atom. The fourth-order valence-corrected chi connectivity index (χ4v) is 3.96. The quantitative estimate of drug-likeness (QED) is 0.272. The Hall–Kier alpha value is -1.06. The van der Waals surface area contributed by atoms with Crippen molar-refractivity contribution in [2.45, 2.75) is 19.3 Å². The highest BCUT2D eigenvalue weighted by Crippen LogP contribution is 2.28. The molecule has 0 saturated carbocycles. The molecule has 0 aliphatic rings. The zero-order chi connectivity index (χ0) is 17.9. The number of quaternary nitrogens is 1. The smallest absolute Gasteiger partial charge is 0.133 e. The third-order valence-electron chi connectivity index (χ3n) is 4.88. The van der Waals surface area contributed by atoms with Crippen molar-refractivity contribution in [2.75, 3.05) is 20.6 Å². The Morgan fingerprint density at radius 3 is 2.35 bits per heavy atom. The lowest BCUT2D eigenvalue weighted by Gasteiger charge is -2.29. The van der Waals surface area contributed by atoms with Gasteiger partial charge in [-0.25, -0.2) is 0 Å². The lowest BCUT2D eigenvalue weighted by atomic mass is 10.00. The van der Waals surface area contributed by atoms with Crippen LogP contribution in [0.3, 0.4) is 0 Å². The Kier molecular flexibility index (Phi) is 7.54. The van der Waals surface area contributed by atoms with Gasteiger partial charge in [0, 0.05) is 20.9 Å². The summed E-state index contributed by atoms with van der Waals surface area (Å²) in [5.74, 6) is 0. The van der Waals surface area contributed by atoms with E-state index < -0.39 is 0 Å². The van der Waals surface area contributed by atoms with Crippen LogP contribution in [0.15, 0.2) is 65.1 Å². The van der Waals surface area contributed by atoms with Crippen LogP contribution in [0.4, 0.5) is 5.69 Å². The fourth-order valence-electron chi connectivity index (χ4n) is 3.35. The summed E-state index contributed by atoms with van der Waals surface area (Å²) in [6, 6.07) is 21.2. The molecule has 0 heterocycles. The molecule has 1 nitrogen and oxygen atoms in total. The molecule has 0 aliphatic carbocycles. The van der Waals surface area contributed by atoms with Gasteiger partial charge in [0.2, 0.25) is 0 Å². The van der Waals surface area contributed by atoms with Gasteiger partial charge in [-0.05, 0) is 48.4 Å². The van der Waals surface area contributed by atoms with Gasteiger partial charge >= 0.3 is 0 Å². The third kappa shape index (κ3) is 5.01. The van der Waals surface area contributed by atoms with E-state index in [0.29, 0.717) is 0 Å². The Bertz CT molecular complexity index is 877. The predicted octanol–water partition coefficient (Wildman–Crippen LogP) is 7.27. The predicted molar refractivity (Wildman–Crippen MR) is 122 cm³/mol. The van der Waals surface area contributed by atoms with E-state index in [0.717, 1.165) is 32.3 Å². The van der Waals surface area contributed by atoms with E-state index >= 15 is 0 Å². The van der Waals surface area contributed by atoms with Crippen LogP contribution in [-0.4, -0.2) is 20.6 Å². The highest BCUT2D eigenvalue weighted by molar-refractivity contribution is 9.10. The summed E-state index contributed by atoms with van der Waals surface area (Å²) < 4.78 is 2.05. The third-order valence-corrected chi connectivity index (χ3v) is 5.70. The lowest BCUT2D eigenvalue weighted by Crippen LogP contribution is -2.41. The lowest BCUT2D eigenvalue weighted by molar-refractivity contribution is 0.385. The molecular formula is C22H25BrCl2N+. The van der Waals surface area contributed by atoms with Crippen molar-refractivity contribution in [3.8, 4) is 0 Å². The topological polar surface area (TPSA) is 0 Å². The molecule has 3 aromatic carbocycles. The molecule has 0 radical (unpaired) electrons. The molecule has 0 N–H and O–H groups in total. The first-order valence-corrected chi connectivity index (χ1v) is 9.90. The number of nitrogens with zero attached hydrogens (tertiary/aromatic N) is 1. The Morgan fingerprint density at radius 1 is 0.885 bits per heavy atom. The van der Waals surface area contributed by atoms with Crippen molar-refractivity contribution in [1.82, 2.24) is 4.48 Å². The van der Waals surface area contributed by atoms with Gasteiger partial charge in [-0.1, -0.05) is 63.9 Å². The van der Waals surface area contributed by atoms with Crippen LogP contribution in [-0.2, 0) is 6.42 Å². The number of hydrogen-bond acceptors (Lipinski definition) is 0. The summed E-state index contributed by atoms with van der Waals surface area (Å²) in [6.45, 7) is 1.13. The zero-order valence-corrected chi connectivity index (χ0v) is 18.4. The number of benzene rings is 3. The van der Waals surface area contributed by atoms with E-state index in [4.69, 9.17) is 11.6 Å². The van der Waals surface area contributed by atoms with Crippen LogP contribution in [0.2, 0.25) is 5.02 Å². The molecule has 0 aromatic heterocycles. The summed E-state index contributed by atoms with van der Waals surface area (Å²) in [4.78, 5) is 0. The molecule has 0 aliphatic heterocycles. The van der Waals surface area contributed by atoms with Crippen LogP contribution in [0.25, 0.3) is 10.8 Å². The molecular weight excluding hydrogens is 429 g/mol. The molecule has 0 saturated heterocycles. The van der Waals surface area contributed by atoms with Gasteiger partial charge in [-0.15, -0.1) is 12.4 Å². The van der Waals surface area contributed by atoms with Gasteiger partial charge in [0.05, 0.1) is 20.6 Å². The second-order valence-electron chi connectivity index (χ2n) is 7.10. The number of unbranched alkanes of at least 4 members (excludes halogenated alkanes) is 1. The largest absolute Gasteiger partial charge is 0.296 e. The minimum absolute atomic E-state index is 0. The summed E-state index contributed by atoms with van der Waals surface area (Å²) in [6.07, 6.45) is 3.47. The van der Waals surface area contributed by atoms with Crippen LogP contribution >= 0.6 is 39.9 Å². The van der Waals surface area contributed by atoms with E-state index in [9.17, 15) is 0 Å². The molecule has 0 fully saturated rings. The van der Waals surface area contributed by atoms with E-state index in [2.05, 4.69) is 84.6 Å². The normalized spacial score (nSPS) is 11.4. The summed E-state index contributed by atoms with van der Waals surface area (Å²) >= 11 is 9.90. The van der Waals surface area contributed by atoms with Crippen molar-refractivity contribution >= 4 is 56.4 Å². The van der Waals surface area contributed by atoms with E-state index in [-0.39, 0.29) is 12.4 Å². The molecule has 0 spiro atoms. The van der Waals surface area contributed by atoms with Crippen molar-refractivity contribution in [3.05, 3.63) is 75.7 Å². The van der Waals surface area contributed by atoms with Crippen LogP contribution in [0.1, 0.15) is 18.4 Å². The number of halogens is 3. The number of rotatable bonds is 6. The standard InChI is InChI=1S/C22H24BrClN.ClH/c1-25(2,19-10-7-9-18(23)16-19)15-6-5-8-17-13-14-22(24)21-12-4-3-11-20(17)21;/h3-4,7,9-14,16H,5-6,8,15H2,1-2H3;1H/q+1;. The van der Waals surface area contributed by atoms with Gasteiger partial charge < -0.3 is 0 Å². The van der Waals surface area contributed by atoms with Gasteiger partial charge in [0.25, 0.3) is 0 Å². The average molecular weight is 454 g/mol. The fraction of sp³-hybridized carbons (Fsp3) is 0.273. The number of hydrogen-bond donors (Lipinski definition) is 0. The minimum Gasteiger partial charge on any atom is -0.296 e. The molecule has 0 amide bonds. The summed E-state index contributed by atoms with van der Waals surface area (Å²) in [5.41, 5.74) is 2.74. The monoisotopic (exact) mass is 452 g/mol.